The number of hydrogen-bond donors (Lipinski definition) is 1. The number of carbonyl (C=O) groups is 1. The minimum Gasteiger partial charge on any atom is -0.488 e. The zero-order valence-electron chi connectivity index (χ0n) is 18.7. The molecule has 1 unspecified atom stereocenters. The molecule has 1 saturated heterocycles. The van der Waals surface area contributed by atoms with Crippen LogP contribution in [0.25, 0.3) is 0 Å². The number of nitrogens with one attached hydrogen (secondary N) is 1. The predicted octanol–water partition coefficient (Wildman–Crippen LogP) is 4.87. The monoisotopic (exact) mass is 496 g/mol. The number of para-hydroxylation sites is 1. The van der Waals surface area contributed by atoms with Gasteiger partial charge < -0.3 is 9.64 Å². The third kappa shape index (κ3) is 4.94. The molecule has 0 saturated carbocycles. The van der Waals surface area contributed by atoms with E-state index in [1.54, 1.807) is 23.5 Å². The van der Waals surface area contributed by atoms with Gasteiger partial charge in [0, 0.05) is 30.3 Å². The number of rotatable bonds is 7. The van der Waals surface area contributed by atoms with Crippen molar-refractivity contribution in [1.82, 2.24) is 10.5 Å². The number of aromatic nitrogens is 1. The van der Waals surface area contributed by atoms with Crippen molar-refractivity contribution in [3.63, 3.8) is 0 Å². The Labute approximate surface area is 207 Å². The molecule has 3 heterocycles. The molecular formula is C25H25ClN4O3S. The minimum atomic E-state index is -0.851. The molecule has 1 atom stereocenters. The highest BCUT2D eigenvalue weighted by molar-refractivity contribution is 7.11. The molecule has 7 nitrogen and oxygen atoms in total. The van der Waals surface area contributed by atoms with Crippen LogP contribution in [0.4, 0.5) is 5.69 Å². The maximum absolute atomic E-state index is 10.8. The van der Waals surface area contributed by atoms with Gasteiger partial charge in [-0.1, -0.05) is 29.8 Å². The molecule has 0 bridgehead atoms. The van der Waals surface area contributed by atoms with Crippen molar-refractivity contribution in [2.75, 3.05) is 18.0 Å². The van der Waals surface area contributed by atoms with Crippen LogP contribution in [0.3, 0.4) is 0 Å². The van der Waals surface area contributed by atoms with Crippen LogP contribution in [0.2, 0.25) is 5.02 Å². The highest BCUT2D eigenvalue weighted by Crippen LogP contribution is 2.34. The van der Waals surface area contributed by atoms with Crippen molar-refractivity contribution in [2.24, 2.45) is 4.99 Å². The maximum Gasteiger partial charge on any atom is 0.232 e. The number of aryl methyl sites for hydroxylation is 1. The molecule has 2 aliphatic rings. The Morgan fingerprint density at radius 3 is 2.74 bits per heavy atom. The molecule has 2 aliphatic heterocycles. The van der Waals surface area contributed by atoms with Gasteiger partial charge in [-0.2, -0.15) is 0 Å². The number of hydroxylamine groups is 1. The summed E-state index contributed by atoms with van der Waals surface area (Å²) in [6.45, 7) is 4.57. The normalized spacial score (nSPS) is 18.5. The van der Waals surface area contributed by atoms with Gasteiger partial charge in [0.2, 0.25) is 6.23 Å². The Balaban J connectivity index is 1.19. The summed E-state index contributed by atoms with van der Waals surface area (Å²) in [6, 6.07) is 16.0. The SMILES string of the molecule is Cc1nc(C2CCN(c3ccccc3)CC2)sc1COc1ccc(C2=NC(C=O)ON2)c(Cl)c1. The molecule has 1 aromatic heterocycles. The second-order valence-electron chi connectivity index (χ2n) is 8.31. The van der Waals surface area contributed by atoms with Crippen LogP contribution >= 0.6 is 22.9 Å². The fourth-order valence-electron chi connectivity index (χ4n) is 4.19. The first-order valence-electron chi connectivity index (χ1n) is 11.2. The number of ether oxygens (including phenoxy) is 1. The Kier molecular flexibility index (Phi) is 6.80. The first-order valence-corrected chi connectivity index (χ1v) is 12.4. The lowest BCUT2D eigenvalue weighted by Gasteiger charge is -2.32. The fourth-order valence-corrected chi connectivity index (χ4v) is 5.60. The molecule has 1 fully saturated rings. The van der Waals surface area contributed by atoms with Crippen LogP contribution in [-0.4, -0.2) is 36.4 Å². The molecule has 5 rings (SSSR count). The van der Waals surface area contributed by atoms with Crippen molar-refractivity contribution < 1.29 is 14.4 Å². The van der Waals surface area contributed by atoms with Crippen LogP contribution in [0.15, 0.2) is 53.5 Å². The summed E-state index contributed by atoms with van der Waals surface area (Å²) in [4.78, 5) is 28.4. The molecule has 1 N–H and O–H groups in total. The molecule has 0 amide bonds. The number of benzene rings is 2. The van der Waals surface area contributed by atoms with Gasteiger partial charge in [-0.25, -0.2) is 20.3 Å². The number of thiazole rings is 1. The Bertz CT molecular complexity index is 1190. The topological polar surface area (TPSA) is 76.0 Å². The third-order valence-corrected chi connectivity index (χ3v) is 7.70. The number of piperidine rings is 1. The summed E-state index contributed by atoms with van der Waals surface area (Å²) < 4.78 is 6.02. The highest BCUT2D eigenvalue weighted by Gasteiger charge is 2.24. The van der Waals surface area contributed by atoms with Crippen molar-refractivity contribution >= 4 is 40.7 Å². The van der Waals surface area contributed by atoms with E-state index in [0.29, 0.717) is 41.0 Å². The summed E-state index contributed by atoms with van der Waals surface area (Å²) in [5.74, 6) is 1.57. The molecule has 0 radical (unpaired) electrons. The van der Waals surface area contributed by atoms with Crippen molar-refractivity contribution in [1.29, 1.82) is 0 Å². The van der Waals surface area contributed by atoms with E-state index < -0.39 is 6.23 Å². The van der Waals surface area contributed by atoms with Gasteiger partial charge in [-0.15, -0.1) is 11.3 Å². The highest BCUT2D eigenvalue weighted by atomic mass is 35.5. The molecule has 34 heavy (non-hydrogen) atoms. The van der Waals surface area contributed by atoms with Gasteiger partial charge in [-0.3, -0.25) is 4.79 Å². The zero-order chi connectivity index (χ0) is 23.5. The number of carbonyl (C=O) groups excluding carboxylic acids is 1. The number of halogens is 1. The van der Waals surface area contributed by atoms with E-state index >= 15 is 0 Å². The molecule has 3 aromatic rings. The average molecular weight is 497 g/mol. The lowest BCUT2D eigenvalue weighted by atomic mass is 9.97. The van der Waals surface area contributed by atoms with Crippen LogP contribution in [0.1, 0.15) is 39.9 Å². The number of aldehydes is 1. The summed E-state index contributed by atoms with van der Waals surface area (Å²) >= 11 is 8.16. The third-order valence-electron chi connectivity index (χ3n) is 6.09. The molecule has 9 heteroatoms. The van der Waals surface area contributed by atoms with Crippen molar-refractivity contribution in [3.05, 3.63) is 74.7 Å². The lowest BCUT2D eigenvalue weighted by Crippen LogP contribution is -2.32. The van der Waals surface area contributed by atoms with E-state index in [9.17, 15) is 4.79 Å². The van der Waals surface area contributed by atoms with E-state index in [0.717, 1.165) is 36.5 Å². The molecule has 176 valence electrons. The second-order valence-corrected chi connectivity index (χ2v) is 9.83. The Hall–Kier alpha value is -2.94. The Morgan fingerprint density at radius 1 is 1.24 bits per heavy atom. The van der Waals surface area contributed by atoms with E-state index in [4.69, 9.17) is 26.2 Å². The number of anilines is 1. The van der Waals surface area contributed by atoms with Crippen LogP contribution < -0.4 is 15.1 Å². The van der Waals surface area contributed by atoms with E-state index in [1.165, 1.54) is 10.7 Å². The summed E-state index contributed by atoms with van der Waals surface area (Å²) in [5.41, 5.74) is 5.60. The molecule has 2 aromatic carbocycles. The zero-order valence-corrected chi connectivity index (χ0v) is 20.3. The van der Waals surface area contributed by atoms with Crippen LogP contribution in [-0.2, 0) is 16.2 Å². The van der Waals surface area contributed by atoms with Crippen LogP contribution in [0.5, 0.6) is 5.75 Å². The molecule has 0 spiro atoms. The summed E-state index contributed by atoms with van der Waals surface area (Å²) in [7, 11) is 0. The van der Waals surface area contributed by atoms with Gasteiger partial charge in [0.1, 0.15) is 12.4 Å². The van der Waals surface area contributed by atoms with Gasteiger partial charge in [0.15, 0.2) is 12.1 Å². The summed E-state index contributed by atoms with van der Waals surface area (Å²) in [6.07, 6.45) is 1.97. The van der Waals surface area contributed by atoms with Gasteiger partial charge in [0.25, 0.3) is 0 Å². The summed E-state index contributed by atoms with van der Waals surface area (Å²) in [5, 5.41) is 1.66. The maximum atomic E-state index is 10.8. The second kappa shape index (κ2) is 10.1. The van der Waals surface area contributed by atoms with Gasteiger partial charge in [-0.05, 0) is 50.1 Å². The smallest absolute Gasteiger partial charge is 0.232 e. The Morgan fingerprint density at radius 2 is 2.03 bits per heavy atom. The quantitative estimate of drug-likeness (QED) is 0.470. The number of aliphatic imine (C=N–C) groups is 1. The van der Waals surface area contributed by atoms with Crippen LogP contribution in [0, 0.1) is 6.92 Å². The van der Waals surface area contributed by atoms with Crippen molar-refractivity contribution in [2.45, 2.75) is 38.5 Å². The minimum absolute atomic E-state index is 0.426. The van der Waals surface area contributed by atoms with Gasteiger partial charge in [0.05, 0.1) is 20.6 Å². The first kappa shape index (κ1) is 22.8. The fraction of sp³-hybridized carbons (Fsp3) is 0.320. The molecule has 0 aliphatic carbocycles. The number of amidine groups is 1. The standard InChI is InChI=1S/C25H25ClN4O3S/c1-16-22(15-32-19-7-8-20(21(26)13-19)24-28-23(14-31)33-29-24)34-25(27-16)17-9-11-30(12-10-17)18-5-3-2-4-6-18/h2-8,13-14,17,23H,9-12,15H2,1H3,(H,28,29). The number of nitrogens with zero attached hydrogens (tertiary/aromatic N) is 3. The number of hydrogen-bond acceptors (Lipinski definition) is 8. The van der Waals surface area contributed by atoms with E-state index in [2.05, 4.69) is 45.7 Å². The lowest BCUT2D eigenvalue weighted by molar-refractivity contribution is -0.118. The molecular weight excluding hydrogens is 472 g/mol. The first-order chi connectivity index (χ1) is 16.6. The van der Waals surface area contributed by atoms with Gasteiger partial charge >= 0.3 is 0 Å². The van der Waals surface area contributed by atoms with Crippen molar-refractivity contribution in [3.8, 4) is 5.75 Å². The van der Waals surface area contributed by atoms with E-state index in [1.807, 2.05) is 13.0 Å². The largest absolute Gasteiger partial charge is 0.488 e. The van der Waals surface area contributed by atoms with E-state index in [-0.39, 0.29) is 0 Å². The predicted molar refractivity (Wildman–Crippen MR) is 134 cm³/mol. The average Bonchev–Trinajstić information content (AvgIpc) is 3.50.